The minimum absolute atomic E-state index is 0.0491. The Kier molecular flexibility index (Phi) is 4.94. The maximum atomic E-state index is 13.7. The number of rotatable bonds is 3. The standard InChI is InChI=1S/C15H17BrClFN2O3S/c16-12-2-1-11(7-13(12)18)24(22,23)20-6-4-15(10-20)3-5-19(9-15)14(21)8-17/h1-2,7H,3-6,8-10H2/t15-/m0/s1. The van der Waals surface area contributed by atoms with Gasteiger partial charge in [-0.25, -0.2) is 12.8 Å². The van der Waals surface area contributed by atoms with Crippen LogP contribution in [-0.4, -0.2) is 55.6 Å². The molecule has 0 N–H and O–H groups in total. The van der Waals surface area contributed by atoms with E-state index < -0.39 is 15.8 Å². The summed E-state index contributed by atoms with van der Waals surface area (Å²) < 4.78 is 40.8. The van der Waals surface area contributed by atoms with E-state index in [-0.39, 0.29) is 26.6 Å². The lowest BCUT2D eigenvalue weighted by atomic mass is 9.87. The van der Waals surface area contributed by atoms with Gasteiger partial charge in [-0.1, -0.05) is 0 Å². The van der Waals surface area contributed by atoms with Gasteiger partial charge in [0.25, 0.3) is 0 Å². The van der Waals surface area contributed by atoms with Crippen molar-refractivity contribution >= 4 is 43.5 Å². The maximum Gasteiger partial charge on any atom is 0.243 e. The topological polar surface area (TPSA) is 57.7 Å². The molecule has 132 valence electrons. The molecule has 2 aliphatic heterocycles. The molecule has 3 rings (SSSR count). The molecule has 2 aliphatic rings. The van der Waals surface area contributed by atoms with Crippen molar-refractivity contribution in [1.82, 2.24) is 9.21 Å². The van der Waals surface area contributed by atoms with Crippen LogP contribution < -0.4 is 0 Å². The molecular formula is C15H17BrClFN2O3S. The van der Waals surface area contributed by atoms with Crippen LogP contribution in [0.4, 0.5) is 4.39 Å². The summed E-state index contributed by atoms with van der Waals surface area (Å²) in [7, 11) is -3.74. The Morgan fingerprint density at radius 3 is 2.67 bits per heavy atom. The van der Waals surface area contributed by atoms with Crippen LogP contribution in [0.15, 0.2) is 27.6 Å². The third-order valence-corrected chi connectivity index (χ3v) is 7.55. The lowest BCUT2D eigenvalue weighted by molar-refractivity contribution is -0.127. The van der Waals surface area contributed by atoms with Gasteiger partial charge >= 0.3 is 0 Å². The summed E-state index contributed by atoms with van der Waals surface area (Å²) in [6, 6.07) is 3.82. The number of sulfonamides is 1. The van der Waals surface area contributed by atoms with Crippen LogP contribution in [0.25, 0.3) is 0 Å². The van der Waals surface area contributed by atoms with E-state index in [0.29, 0.717) is 32.6 Å². The monoisotopic (exact) mass is 438 g/mol. The summed E-state index contributed by atoms with van der Waals surface area (Å²) in [4.78, 5) is 13.4. The van der Waals surface area contributed by atoms with Gasteiger partial charge in [0.2, 0.25) is 15.9 Å². The van der Waals surface area contributed by atoms with E-state index in [4.69, 9.17) is 11.6 Å². The van der Waals surface area contributed by atoms with E-state index in [1.807, 2.05) is 0 Å². The first-order chi connectivity index (χ1) is 11.3. The van der Waals surface area contributed by atoms with E-state index in [2.05, 4.69) is 15.9 Å². The predicted molar refractivity (Wildman–Crippen MR) is 91.8 cm³/mol. The van der Waals surface area contributed by atoms with Gasteiger partial charge in [0.1, 0.15) is 11.7 Å². The van der Waals surface area contributed by atoms with Crippen LogP contribution in [-0.2, 0) is 14.8 Å². The van der Waals surface area contributed by atoms with Crippen LogP contribution in [0, 0.1) is 11.2 Å². The highest BCUT2D eigenvalue weighted by atomic mass is 79.9. The van der Waals surface area contributed by atoms with E-state index in [0.717, 1.165) is 12.5 Å². The van der Waals surface area contributed by atoms with E-state index in [1.165, 1.54) is 16.4 Å². The molecule has 24 heavy (non-hydrogen) atoms. The summed E-state index contributed by atoms with van der Waals surface area (Å²) in [5.74, 6) is -0.787. The summed E-state index contributed by atoms with van der Waals surface area (Å²) in [6.07, 6.45) is 1.45. The first-order valence-electron chi connectivity index (χ1n) is 7.56. The molecule has 0 bridgehead atoms. The molecule has 0 aliphatic carbocycles. The van der Waals surface area contributed by atoms with E-state index in [1.54, 1.807) is 4.90 Å². The minimum Gasteiger partial charge on any atom is -0.341 e. The summed E-state index contributed by atoms with van der Waals surface area (Å²) in [5, 5.41) is 0. The first kappa shape index (κ1) is 18.1. The van der Waals surface area contributed by atoms with Crippen LogP contribution in [0.5, 0.6) is 0 Å². The molecule has 2 heterocycles. The van der Waals surface area contributed by atoms with Crippen molar-refractivity contribution < 1.29 is 17.6 Å². The molecule has 5 nitrogen and oxygen atoms in total. The second-order valence-corrected chi connectivity index (χ2v) is 9.42. The lowest BCUT2D eigenvalue weighted by Gasteiger charge is -2.24. The van der Waals surface area contributed by atoms with E-state index in [9.17, 15) is 17.6 Å². The number of alkyl halides is 1. The molecule has 0 unspecified atom stereocenters. The number of hydrogen-bond donors (Lipinski definition) is 0. The molecule has 2 fully saturated rings. The summed E-state index contributed by atoms with van der Waals surface area (Å²) >= 11 is 8.62. The molecule has 0 radical (unpaired) electrons. The van der Waals surface area contributed by atoms with Gasteiger partial charge in [0.05, 0.1) is 9.37 Å². The van der Waals surface area contributed by atoms with Gasteiger partial charge in [0.15, 0.2) is 0 Å². The maximum absolute atomic E-state index is 13.7. The summed E-state index contributed by atoms with van der Waals surface area (Å²) in [6.45, 7) is 1.85. The average molecular weight is 440 g/mol. The zero-order valence-electron chi connectivity index (χ0n) is 12.8. The Hall–Kier alpha value is -0.700. The third-order valence-electron chi connectivity index (χ3n) is 4.84. The largest absolute Gasteiger partial charge is 0.341 e. The molecule has 1 atom stereocenters. The number of carbonyl (C=O) groups excluding carboxylic acids is 1. The second kappa shape index (κ2) is 6.55. The van der Waals surface area contributed by atoms with Crippen molar-refractivity contribution in [3.63, 3.8) is 0 Å². The quantitative estimate of drug-likeness (QED) is 0.680. The fraction of sp³-hybridized carbons (Fsp3) is 0.533. The van der Waals surface area contributed by atoms with E-state index >= 15 is 0 Å². The number of likely N-dealkylation sites (tertiary alicyclic amines) is 1. The molecule has 0 saturated carbocycles. The van der Waals surface area contributed by atoms with Gasteiger partial charge in [0, 0.05) is 31.6 Å². The number of hydrogen-bond acceptors (Lipinski definition) is 3. The fourth-order valence-corrected chi connectivity index (χ4v) is 5.43. The van der Waals surface area contributed by atoms with Gasteiger partial charge in [-0.15, -0.1) is 11.6 Å². The molecule has 9 heteroatoms. The van der Waals surface area contributed by atoms with Crippen molar-refractivity contribution in [3.05, 3.63) is 28.5 Å². The lowest BCUT2D eigenvalue weighted by Crippen LogP contribution is -2.36. The SMILES string of the molecule is O=C(CCl)N1CC[C@]2(CCN(S(=O)(=O)c3ccc(Br)c(F)c3)C2)C1. The number of nitrogens with zero attached hydrogens (tertiary/aromatic N) is 2. The van der Waals surface area contributed by atoms with Gasteiger partial charge in [-0.05, 0) is 47.0 Å². The number of carbonyl (C=O) groups is 1. The van der Waals surface area contributed by atoms with Crippen molar-refractivity contribution in [1.29, 1.82) is 0 Å². The van der Waals surface area contributed by atoms with Crippen LogP contribution in [0.1, 0.15) is 12.8 Å². The molecule has 1 spiro atoms. The minimum atomic E-state index is -3.74. The van der Waals surface area contributed by atoms with Gasteiger partial charge in [-0.3, -0.25) is 4.79 Å². The molecule has 1 amide bonds. The van der Waals surface area contributed by atoms with Crippen LogP contribution in [0.3, 0.4) is 0 Å². The summed E-state index contributed by atoms with van der Waals surface area (Å²) in [5.41, 5.74) is -0.220. The molecule has 2 saturated heterocycles. The number of amides is 1. The van der Waals surface area contributed by atoms with Gasteiger partial charge in [-0.2, -0.15) is 4.31 Å². The highest BCUT2D eigenvalue weighted by Crippen LogP contribution is 2.41. The molecule has 1 aromatic carbocycles. The van der Waals surface area contributed by atoms with Crippen LogP contribution >= 0.6 is 27.5 Å². The van der Waals surface area contributed by atoms with Crippen molar-refractivity contribution in [2.45, 2.75) is 17.7 Å². The Morgan fingerprint density at radius 1 is 1.29 bits per heavy atom. The Bertz CT molecular complexity index is 776. The fourth-order valence-electron chi connectivity index (χ4n) is 3.45. The molecule has 1 aromatic rings. The number of halogens is 3. The Labute approximate surface area is 153 Å². The zero-order chi connectivity index (χ0) is 17.5. The smallest absolute Gasteiger partial charge is 0.243 e. The molecule has 0 aromatic heterocycles. The second-order valence-electron chi connectivity index (χ2n) is 6.36. The highest BCUT2D eigenvalue weighted by Gasteiger charge is 2.47. The predicted octanol–water partition coefficient (Wildman–Crippen LogP) is 2.44. The van der Waals surface area contributed by atoms with Crippen molar-refractivity contribution in [2.24, 2.45) is 5.41 Å². The zero-order valence-corrected chi connectivity index (χ0v) is 16.0. The van der Waals surface area contributed by atoms with Crippen molar-refractivity contribution in [2.75, 3.05) is 32.1 Å². The average Bonchev–Trinajstić information content (AvgIpc) is 3.17. The highest BCUT2D eigenvalue weighted by molar-refractivity contribution is 9.10. The van der Waals surface area contributed by atoms with Crippen LogP contribution in [0.2, 0.25) is 0 Å². The number of benzene rings is 1. The third kappa shape index (κ3) is 3.21. The van der Waals surface area contributed by atoms with Gasteiger partial charge < -0.3 is 4.90 Å². The molecular weight excluding hydrogens is 423 g/mol. The normalized spacial score (nSPS) is 24.9. The Morgan fingerprint density at radius 2 is 2.00 bits per heavy atom. The first-order valence-corrected chi connectivity index (χ1v) is 10.3. The van der Waals surface area contributed by atoms with Crippen molar-refractivity contribution in [3.8, 4) is 0 Å². The Balaban J connectivity index is 1.78.